The molecule has 1 aliphatic heterocycles. The van der Waals surface area contributed by atoms with E-state index in [4.69, 9.17) is 14.2 Å². The molecule has 1 heterocycles. The molecule has 8 unspecified atom stereocenters. The van der Waals surface area contributed by atoms with Crippen molar-refractivity contribution in [2.75, 3.05) is 0 Å². The van der Waals surface area contributed by atoms with Crippen molar-refractivity contribution >= 4 is 11.9 Å². The average Bonchev–Trinajstić information content (AvgIpc) is 2.71. The van der Waals surface area contributed by atoms with Crippen LogP contribution in [0.3, 0.4) is 0 Å². The number of carbonyl (C=O) groups is 2. The minimum atomic E-state index is -0.617. The lowest BCUT2D eigenvalue weighted by Gasteiger charge is -2.44. The minimum Gasteiger partial charge on any atom is -0.462 e. The Labute approximate surface area is 192 Å². The molecule has 0 aromatic carbocycles. The highest BCUT2D eigenvalue weighted by atomic mass is 16.6. The number of esters is 2. The summed E-state index contributed by atoms with van der Waals surface area (Å²) < 4.78 is 17.7. The minimum absolute atomic E-state index is 0.0795. The Bertz CT molecular complexity index is 726. The van der Waals surface area contributed by atoms with E-state index in [0.29, 0.717) is 25.2 Å². The molecule has 0 spiro atoms. The van der Waals surface area contributed by atoms with Gasteiger partial charge in [0.1, 0.15) is 12.2 Å². The van der Waals surface area contributed by atoms with Gasteiger partial charge < -0.3 is 19.3 Å². The normalized spacial score (nSPS) is 35.7. The summed E-state index contributed by atoms with van der Waals surface area (Å²) in [4.78, 5) is 24.5. The first-order chi connectivity index (χ1) is 15.2. The molecule has 6 nitrogen and oxygen atoms in total. The van der Waals surface area contributed by atoms with Gasteiger partial charge in [0, 0.05) is 18.8 Å². The molecule has 3 rings (SSSR count). The molecule has 1 N–H and O–H groups in total. The van der Waals surface area contributed by atoms with Crippen LogP contribution in [0, 0.1) is 23.7 Å². The molecule has 32 heavy (non-hydrogen) atoms. The zero-order chi connectivity index (χ0) is 23.4. The highest BCUT2D eigenvalue weighted by Crippen LogP contribution is 2.45. The molecule has 3 aliphatic rings. The van der Waals surface area contributed by atoms with E-state index >= 15 is 0 Å². The van der Waals surface area contributed by atoms with Crippen molar-refractivity contribution in [1.29, 1.82) is 0 Å². The SMILES string of the molecule is CCC(C)C(=O)OC1CC(OC(C)C)C=C2C=CC(C)C(CCC3CC(O)CC(=O)O3)C21. The molecule has 0 saturated carbocycles. The summed E-state index contributed by atoms with van der Waals surface area (Å²) in [5.74, 6) is 0.0728. The van der Waals surface area contributed by atoms with Gasteiger partial charge in [0.05, 0.1) is 30.7 Å². The fraction of sp³-hybridized carbons (Fsp3) is 0.769. The molecular formula is C26H40O6. The summed E-state index contributed by atoms with van der Waals surface area (Å²) in [6.07, 6.45) is 9.00. The molecule has 6 heteroatoms. The molecule has 0 amide bonds. The van der Waals surface area contributed by atoms with Crippen LogP contribution < -0.4 is 0 Å². The van der Waals surface area contributed by atoms with E-state index < -0.39 is 6.10 Å². The standard InChI is InChI=1S/C26H40O6/c1-6-16(4)26(29)32-23-14-21(30-15(2)3)11-18-8-7-17(5)22(25(18)23)10-9-20-12-19(27)13-24(28)31-20/h7-8,11,15-17,19-23,25,27H,6,9-10,12-14H2,1-5H3. The number of cyclic esters (lactones) is 1. The van der Waals surface area contributed by atoms with E-state index in [-0.39, 0.29) is 60.5 Å². The van der Waals surface area contributed by atoms with Gasteiger partial charge in [0.2, 0.25) is 0 Å². The number of rotatable bonds is 8. The average molecular weight is 449 g/mol. The van der Waals surface area contributed by atoms with E-state index in [1.54, 1.807) is 0 Å². The summed E-state index contributed by atoms with van der Waals surface area (Å²) in [5.41, 5.74) is 1.17. The first kappa shape index (κ1) is 25.0. The molecule has 0 radical (unpaired) electrons. The quantitative estimate of drug-likeness (QED) is 0.556. The van der Waals surface area contributed by atoms with Crippen molar-refractivity contribution in [3.63, 3.8) is 0 Å². The lowest BCUT2D eigenvalue weighted by molar-refractivity contribution is -0.163. The van der Waals surface area contributed by atoms with Crippen molar-refractivity contribution in [3.05, 3.63) is 23.8 Å². The van der Waals surface area contributed by atoms with Crippen molar-refractivity contribution in [1.82, 2.24) is 0 Å². The molecule has 0 bridgehead atoms. The lowest BCUT2D eigenvalue weighted by atomic mass is 9.66. The van der Waals surface area contributed by atoms with Gasteiger partial charge in [0.25, 0.3) is 0 Å². The summed E-state index contributed by atoms with van der Waals surface area (Å²) in [6.45, 7) is 10.1. The van der Waals surface area contributed by atoms with Crippen LogP contribution in [0.25, 0.3) is 0 Å². The first-order valence-corrected chi connectivity index (χ1v) is 12.3. The Morgan fingerprint density at radius 1 is 1.25 bits per heavy atom. The number of allylic oxidation sites excluding steroid dienone is 2. The number of aliphatic hydroxyl groups excluding tert-OH is 1. The molecule has 2 aliphatic carbocycles. The number of carbonyl (C=O) groups excluding carboxylic acids is 2. The van der Waals surface area contributed by atoms with Crippen molar-refractivity contribution < 1.29 is 28.9 Å². The number of hydrogen-bond acceptors (Lipinski definition) is 6. The van der Waals surface area contributed by atoms with Crippen molar-refractivity contribution in [2.24, 2.45) is 23.7 Å². The Morgan fingerprint density at radius 2 is 2.00 bits per heavy atom. The Hall–Kier alpha value is -1.66. The Morgan fingerprint density at radius 3 is 2.66 bits per heavy atom. The predicted octanol–water partition coefficient (Wildman–Crippen LogP) is 4.35. The maximum atomic E-state index is 12.7. The number of aliphatic hydroxyl groups is 1. The number of hydrogen-bond donors (Lipinski definition) is 1. The second-order valence-corrected chi connectivity index (χ2v) is 10.1. The monoisotopic (exact) mass is 448 g/mol. The second-order valence-electron chi connectivity index (χ2n) is 10.1. The zero-order valence-electron chi connectivity index (χ0n) is 20.2. The smallest absolute Gasteiger partial charge is 0.308 e. The van der Waals surface area contributed by atoms with E-state index in [1.165, 1.54) is 5.57 Å². The van der Waals surface area contributed by atoms with Crippen LogP contribution >= 0.6 is 0 Å². The summed E-state index contributed by atoms with van der Waals surface area (Å²) >= 11 is 0. The predicted molar refractivity (Wildman–Crippen MR) is 122 cm³/mol. The summed E-state index contributed by atoms with van der Waals surface area (Å²) in [6, 6.07) is 0. The lowest BCUT2D eigenvalue weighted by Crippen LogP contribution is -2.44. The molecule has 1 fully saturated rings. The Balaban J connectivity index is 1.79. The van der Waals surface area contributed by atoms with Crippen molar-refractivity contribution in [2.45, 2.75) is 104 Å². The van der Waals surface area contributed by atoms with E-state index in [2.05, 4.69) is 25.2 Å². The van der Waals surface area contributed by atoms with Gasteiger partial charge in [-0.25, -0.2) is 0 Å². The zero-order valence-corrected chi connectivity index (χ0v) is 20.2. The van der Waals surface area contributed by atoms with Gasteiger partial charge in [-0.15, -0.1) is 0 Å². The van der Waals surface area contributed by atoms with Crippen LogP contribution in [0.5, 0.6) is 0 Å². The van der Waals surface area contributed by atoms with Gasteiger partial charge in [-0.05, 0) is 50.5 Å². The number of fused-ring (bicyclic) bond motifs is 1. The van der Waals surface area contributed by atoms with Gasteiger partial charge in [-0.2, -0.15) is 0 Å². The second kappa shape index (κ2) is 11.0. The topological polar surface area (TPSA) is 82.1 Å². The van der Waals surface area contributed by atoms with Crippen LogP contribution in [0.1, 0.15) is 73.1 Å². The fourth-order valence-electron chi connectivity index (χ4n) is 5.26. The fourth-order valence-corrected chi connectivity index (χ4v) is 5.26. The third-order valence-corrected chi connectivity index (χ3v) is 7.14. The van der Waals surface area contributed by atoms with E-state index in [0.717, 1.165) is 12.8 Å². The molecule has 180 valence electrons. The van der Waals surface area contributed by atoms with Crippen LogP contribution in [0.4, 0.5) is 0 Å². The van der Waals surface area contributed by atoms with Crippen LogP contribution in [0.15, 0.2) is 23.8 Å². The highest BCUT2D eigenvalue weighted by Gasteiger charge is 2.43. The maximum Gasteiger partial charge on any atom is 0.308 e. The van der Waals surface area contributed by atoms with Crippen molar-refractivity contribution in [3.8, 4) is 0 Å². The van der Waals surface area contributed by atoms with Crippen LogP contribution in [-0.2, 0) is 23.8 Å². The first-order valence-electron chi connectivity index (χ1n) is 12.3. The Kier molecular flexibility index (Phi) is 8.56. The maximum absolute atomic E-state index is 12.7. The highest BCUT2D eigenvalue weighted by molar-refractivity contribution is 5.72. The largest absolute Gasteiger partial charge is 0.462 e. The van der Waals surface area contributed by atoms with Crippen LogP contribution in [0.2, 0.25) is 0 Å². The van der Waals surface area contributed by atoms with Crippen LogP contribution in [-0.4, -0.2) is 47.6 Å². The molecule has 1 saturated heterocycles. The van der Waals surface area contributed by atoms with E-state index in [1.807, 2.05) is 27.7 Å². The summed E-state index contributed by atoms with van der Waals surface area (Å²) in [7, 11) is 0. The van der Waals surface area contributed by atoms with Gasteiger partial charge >= 0.3 is 11.9 Å². The summed E-state index contributed by atoms with van der Waals surface area (Å²) in [5, 5.41) is 9.95. The molecule has 0 aromatic rings. The third kappa shape index (κ3) is 6.22. The third-order valence-electron chi connectivity index (χ3n) is 7.14. The van der Waals surface area contributed by atoms with Gasteiger partial charge in [-0.1, -0.05) is 39.0 Å². The molecule has 0 aromatic heterocycles. The number of ether oxygens (including phenoxy) is 3. The molecular weight excluding hydrogens is 408 g/mol. The van der Waals surface area contributed by atoms with Gasteiger partial charge in [0.15, 0.2) is 0 Å². The van der Waals surface area contributed by atoms with E-state index in [9.17, 15) is 14.7 Å². The molecule has 8 atom stereocenters. The van der Waals surface area contributed by atoms with Gasteiger partial charge in [-0.3, -0.25) is 9.59 Å².